The molecule has 0 bridgehead atoms. The summed E-state index contributed by atoms with van der Waals surface area (Å²) in [5.74, 6) is 1.57. The van der Waals surface area contributed by atoms with Crippen LogP contribution in [-0.4, -0.2) is 43.0 Å². The van der Waals surface area contributed by atoms with Crippen molar-refractivity contribution in [3.63, 3.8) is 0 Å². The highest BCUT2D eigenvalue weighted by Crippen LogP contribution is 2.24. The molecule has 0 amide bonds. The zero-order chi connectivity index (χ0) is 21.6. The third kappa shape index (κ3) is 5.55. The molecule has 4 rings (SSSR count). The molecule has 162 valence electrons. The Kier molecular flexibility index (Phi) is 7.06. The van der Waals surface area contributed by atoms with Crippen molar-refractivity contribution >= 4 is 11.0 Å². The first kappa shape index (κ1) is 21.6. The fourth-order valence-electron chi connectivity index (χ4n) is 3.69. The van der Waals surface area contributed by atoms with E-state index in [-0.39, 0.29) is 6.61 Å². The molecule has 1 unspecified atom stereocenters. The van der Waals surface area contributed by atoms with Gasteiger partial charge in [0.05, 0.1) is 24.2 Å². The number of ether oxygens (including phenoxy) is 1. The predicted octanol–water partition coefficient (Wildman–Crippen LogP) is 3.30. The number of aromatic nitrogens is 2. The number of benzene rings is 2. The molecule has 3 aromatic rings. The van der Waals surface area contributed by atoms with Gasteiger partial charge in [0.1, 0.15) is 5.75 Å². The largest absolute Gasteiger partial charge is 0.494 e. The third-order valence-electron chi connectivity index (χ3n) is 5.50. The van der Waals surface area contributed by atoms with Crippen molar-refractivity contribution in [2.45, 2.75) is 32.4 Å². The summed E-state index contributed by atoms with van der Waals surface area (Å²) in [6.45, 7) is 2.18. The molecule has 1 aromatic heterocycles. The lowest BCUT2D eigenvalue weighted by atomic mass is 10.0. The van der Waals surface area contributed by atoms with Gasteiger partial charge in [0.25, 0.3) is 0 Å². The minimum absolute atomic E-state index is 0.0493. The van der Waals surface area contributed by atoms with Crippen LogP contribution >= 0.6 is 0 Å². The topological polar surface area (TPSA) is 75.6 Å². The summed E-state index contributed by atoms with van der Waals surface area (Å²) >= 11 is 0. The molecular weight excluding hydrogens is 410 g/mol. The second-order valence-electron chi connectivity index (χ2n) is 7.69. The van der Waals surface area contributed by atoms with Crippen molar-refractivity contribution < 1.29 is 14.1 Å². The molecule has 1 atom stereocenters. The van der Waals surface area contributed by atoms with E-state index in [9.17, 15) is 4.21 Å². The zero-order valence-corrected chi connectivity index (χ0v) is 18.5. The Labute approximate surface area is 185 Å². The standard InChI is InChI=1S/C24H27N3O3S/c1-31(29)27-11-10-21-13-23(9-8-22(21)16-27)30-12-2-3-18-4-6-20(7-5-18)24-25-14-19(17-28)15-26-24/h4-9,13-15,28H,2-3,10-12,16-17H2,1H3. The minimum atomic E-state index is -0.917. The number of aryl methyl sites for hydroxylation is 1. The van der Waals surface area contributed by atoms with Crippen LogP contribution in [0.15, 0.2) is 54.9 Å². The Morgan fingerprint density at radius 3 is 2.55 bits per heavy atom. The van der Waals surface area contributed by atoms with Crippen LogP contribution in [-0.2, 0) is 37.0 Å². The monoisotopic (exact) mass is 437 g/mol. The Hall–Kier alpha value is -2.61. The first-order chi connectivity index (χ1) is 15.1. The summed E-state index contributed by atoms with van der Waals surface area (Å²) in [6, 6.07) is 14.5. The number of aliphatic hydroxyl groups excluding tert-OH is 1. The van der Waals surface area contributed by atoms with Crippen LogP contribution in [0.1, 0.15) is 28.7 Å². The van der Waals surface area contributed by atoms with Gasteiger partial charge in [-0.15, -0.1) is 0 Å². The lowest BCUT2D eigenvalue weighted by molar-refractivity contribution is 0.281. The van der Waals surface area contributed by atoms with E-state index in [0.29, 0.717) is 18.0 Å². The molecule has 0 spiro atoms. The average molecular weight is 438 g/mol. The molecule has 0 aliphatic carbocycles. The number of fused-ring (bicyclic) bond motifs is 1. The number of hydrogen-bond donors (Lipinski definition) is 1. The fraction of sp³-hybridized carbons (Fsp3) is 0.333. The molecule has 0 radical (unpaired) electrons. The molecule has 7 heteroatoms. The Morgan fingerprint density at radius 2 is 1.84 bits per heavy atom. The molecule has 1 N–H and O–H groups in total. The van der Waals surface area contributed by atoms with E-state index in [1.54, 1.807) is 18.6 Å². The van der Waals surface area contributed by atoms with Crippen molar-refractivity contribution in [2.75, 3.05) is 19.4 Å². The summed E-state index contributed by atoms with van der Waals surface area (Å²) < 4.78 is 19.6. The van der Waals surface area contributed by atoms with Crippen LogP contribution in [0.5, 0.6) is 5.75 Å². The number of hydrogen-bond acceptors (Lipinski definition) is 5. The molecule has 0 saturated carbocycles. The lowest BCUT2D eigenvalue weighted by Gasteiger charge is -2.26. The second kappa shape index (κ2) is 10.1. The highest BCUT2D eigenvalue weighted by atomic mass is 32.2. The van der Waals surface area contributed by atoms with Crippen LogP contribution in [0, 0.1) is 0 Å². The van der Waals surface area contributed by atoms with Gasteiger partial charge in [0.2, 0.25) is 0 Å². The summed E-state index contributed by atoms with van der Waals surface area (Å²) in [4.78, 5) is 8.59. The fourth-order valence-corrected chi connectivity index (χ4v) is 4.35. The van der Waals surface area contributed by atoms with Crippen LogP contribution < -0.4 is 4.74 Å². The molecule has 1 aliphatic rings. The van der Waals surface area contributed by atoms with Crippen molar-refractivity contribution in [3.8, 4) is 17.1 Å². The van der Waals surface area contributed by atoms with E-state index in [0.717, 1.165) is 43.7 Å². The smallest absolute Gasteiger partial charge is 0.159 e. The molecule has 6 nitrogen and oxygen atoms in total. The van der Waals surface area contributed by atoms with Crippen LogP contribution in [0.4, 0.5) is 0 Å². The number of rotatable bonds is 8. The maximum atomic E-state index is 11.7. The minimum Gasteiger partial charge on any atom is -0.494 e. The van der Waals surface area contributed by atoms with Gasteiger partial charge in [-0.25, -0.2) is 18.5 Å². The van der Waals surface area contributed by atoms with Crippen LogP contribution in [0.3, 0.4) is 0 Å². The molecule has 0 saturated heterocycles. The Bertz CT molecular complexity index is 1040. The number of nitrogens with zero attached hydrogens (tertiary/aromatic N) is 3. The van der Waals surface area contributed by atoms with Gasteiger partial charge < -0.3 is 9.84 Å². The highest BCUT2D eigenvalue weighted by Gasteiger charge is 2.18. The zero-order valence-electron chi connectivity index (χ0n) is 17.7. The Balaban J connectivity index is 1.26. The molecule has 1 aliphatic heterocycles. The molecule has 0 fully saturated rings. The summed E-state index contributed by atoms with van der Waals surface area (Å²) in [6.07, 6.45) is 7.81. The SMILES string of the molecule is CS(=O)N1CCc2cc(OCCCc3ccc(-c4ncc(CO)cn4)cc3)ccc2C1. The molecule has 2 aromatic carbocycles. The molecule has 31 heavy (non-hydrogen) atoms. The van der Waals surface area contributed by atoms with Gasteiger partial charge >= 0.3 is 0 Å². The van der Waals surface area contributed by atoms with E-state index >= 15 is 0 Å². The third-order valence-corrected chi connectivity index (χ3v) is 6.54. The average Bonchev–Trinajstić information content (AvgIpc) is 2.82. The van der Waals surface area contributed by atoms with Crippen molar-refractivity contribution in [3.05, 3.63) is 77.1 Å². The van der Waals surface area contributed by atoms with E-state index in [4.69, 9.17) is 9.84 Å². The first-order valence-electron chi connectivity index (χ1n) is 10.5. The maximum absolute atomic E-state index is 11.7. The van der Waals surface area contributed by atoms with Gasteiger partial charge in [0, 0.05) is 42.9 Å². The molecular formula is C24H27N3O3S. The van der Waals surface area contributed by atoms with Crippen molar-refractivity contribution in [1.82, 2.24) is 14.3 Å². The quantitative estimate of drug-likeness (QED) is 0.547. The summed E-state index contributed by atoms with van der Waals surface area (Å²) in [5, 5.41) is 9.09. The van der Waals surface area contributed by atoms with Crippen LogP contribution in [0.25, 0.3) is 11.4 Å². The normalized spacial score (nSPS) is 14.8. The summed E-state index contributed by atoms with van der Waals surface area (Å²) in [5.41, 5.74) is 5.45. The maximum Gasteiger partial charge on any atom is 0.159 e. The van der Waals surface area contributed by atoms with E-state index in [1.165, 1.54) is 16.7 Å². The van der Waals surface area contributed by atoms with Gasteiger partial charge in [0.15, 0.2) is 5.82 Å². The number of aliphatic hydroxyl groups is 1. The van der Waals surface area contributed by atoms with Crippen molar-refractivity contribution in [2.24, 2.45) is 0 Å². The lowest BCUT2D eigenvalue weighted by Crippen LogP contribution is -2.31. The van der Waals surface area contributed by atoms with Gasteiger partial charge in [-0.2, -0.15) is 0 Å². The van der Waals surface area contributed by atoms with Crippen LogP contribution in [0.2, 0.25) is 0 Å². The van der Waals surface area contributed by atoms with Gasteiger partial charge in [-0.3, -0.25) is 0 Å². The van der Waals surface area contributed by atoms with E-state index in [1.807, 2.05) is 22.5 Å². The second-order valence-corrected chi connectivity index (χ2v) is 9.05. The first-order valence-corrected chi connectivity index (χ1v) is 12.0. The van der Waals surface area contributed by atoms with Crippen molar-refractivity contribution in [1.29, 1.82) is 0 Å². The Morgan fingerprint density at radius 1 is 1.06 bits per heavy atom. The van der Waals surface area contributed by atoms with E-state index in [2.05, 4.69) is 34.2 Å². The summed E-state index contributed by atoms with van der Waals surface area (Å²) in [7, 11) is -0.917. The highest BCUT2D eigenvalue weighted by molar-refractivity contribution is 7.81. The van der Waals surface area contributed by atoms with Gasteiger partial charge in [-0.05, 0) is 48.1 Å². The predicted molar refractivity (Wildman–Crippen MR) is 122 cm³/mol. The van der Waals surface area contributed by atoms with Gasteiger partial charge in [-0.1, -0.05) is 30.3 Å². The molecule has 2 heterocycles. The van der Waals surface area contributed by atoms with E-state index < -0.39 is 11.0 Å².